The summed E-state index contributed by atoms with van der Waals surface area (Å²) in [6.07, 6.45) is 0. The molecule has 1 saturated heterocycles. The third kappa shape index (κ3) is 10.3. The van der Waals surface area contributed by atoms with Gasteiger partial charge in [-0.3, -0.25) is 9.59 Å². The Hall–Kier alpha value is -2.45. The summed E-state index contributed by atoms with van der Waals surface area (Å²) in [6, 6.07) is 7.88. The fourth-order valence-corrected chi connectivity index (χ4v) is 1.86. The van der Waals surface area contributed by atoms with E-state index in [0.29, 0.717) is 11.6 Å². The lowest BCUT2D eigenvalue weighted by Crippen LogP contribution is -2.42. The fourth-order valence-electron chi connectivity index (χ4n) is 1.86. The molecule has 0 spiro atoms. The monoisotopic (exact) mass is 340 g/mol. The van der Waals surface area contributed by atoms with E-state index in [4.69, 9.17) is 19.8 Å². The third-order valence-electron chi connectivity index (χ3n) is 2.78. The molecular formula is C16H24N2O6. The van der Waals surface area contributed by atoms with Gasteiger partial charge in [0.05, 0.1) is 12.7 Å². The van der Waals surface area contributed by atoms with Gasteiger partial charge in [-0.05, 0) is 17.7 Å². The number of carboxylic acid groups (broad SMARTS) is 2. The Balaban J connectivity index is 0.000000558. The van der Waals surface area contributed by atoms with Crippen LogP contribution in [0.2, 0.25) is 0 Å². The van der Waals surface area contributed by atoms with Crippen LogP contribution < -0.4 is 10.6 Å². The first-order chi connectivity index (χ1) is 11.3. The standard InChI is InChI=1S/C12H16N2O2.2C2H4O2/c1-16-12(15)10-4-2-9(3-5-10)11-8-13-6-7-14-11;2*1-2(3)4/h2-5,11,13-14H,6-8H2,1H3;2*1H3,(H,3,4). The summed E-state index contributed by atoms with van der Waals surface area (Å²) in [5.41, 5.74) is 1.79. The minimum Gasteiger partial charge on any atom is -0.481 e. The van der Waals surface area contributed by atoms with E-state index in [9.17, 15) is 4.79 Å². The molecule has 1 atom stereocenters. The second-order valence-corrected chi connectivity index (χ2v) is 4.86. The van der Waals surface area contributed by atoms with Crippen molar-refractivity contribution < 1.29 is 29.3 Å². The molecule has 1 aromatic rings. The van der Waals surface area contributed by atoms with Gasteiger partial charge in [0.1, 0.15) is 0 Å². The average Bonchev–Trinajstić information content (AvgIpc) is 2.54. The van der Waals surface area contributed by atoms with Crippen LogP contribution in [-0.4, -0.2) is 54.9 Å². The zero-order valence-corrected chi connectivity index (χ0v) is 14.0. The number of esters is 1. The number of carboxylic acids is 2. The van der Waals surface area contributed by atoms with Crippen molar-refractivity contribution in [2.24, 2.45) is 0 Å². The first-order valence-electron chi connectivity index (χ1n) is 7.29. The van der Waals surface area contributed by atoms with Gasteiger partial charge < -0.3 is 25.6 Å². The molecule has 1 aliphatic rings. The molecule has 0 bridgehead atoms. The van der Waals surface area contributed by atoms with Gasteiger partial charge in [0, 0.05) is 39.5 Å². The number of benzene rings is 1. The molecule has 8 heteroatoms. The van der Waals surface area contributed by atoms with Crippen LogP contribution in [0.4, 0.5) is 0 Å². The summed E-state index contributed by atoms with van der Waals surface area (Å²) < 4.78 is 4.65. The van der Waals surface area contributed by atoms with E-state index in [1.165, 1.54) is 12.7 Å². The lowest BCUT2D eigenvalue weighted by molar-refractivity contribution is -0.135. The van der Waals surface area contributed by atoms with Gasteiger partial charge in [0.25, 0.3) is 11.9 Å². The highest BCUT2D eigenvalue weighted by molar-refractivity contribution is 5.89. The first kappa shape index (κ1) is 21.6. The number of carbonyl (C=O) groups is 3. The van der Waals surface area contributed by atoms with E-state index in [1.807, 2.05) is 12.1 Å². The number of hydrogen-bond donors (Lipinski definition) is 4. The number of carbonyl (C=O) groups excluding carboxylic acids is 1. The summed E-state index contributed by atoms with van der Waals surface area (Å²) in [4.78, 5) is 29.3. The molecule has 2 rings (SSSR count). The molecule has 1 heterocycles. The number of nitrogens with one attached hydrogen (secondary N) is 2. The van der Waals surface area contributed by atoms with Gasteiger partial charge in [-0.25, -0.2) is 4.79 Å². The van der Waals surface area contributed by atoms with Gasteiger partial charge in [0.15, 0.2) is 0 Å². The smallest absolute Gasteiger partial charge is 0.337 e. The van der Waals surface area contributed by atoms with Crippen molar-refractivity contribution in [3.8, 4) is 0 Å². The SMILES string of the molecule is CC(=O)O.CC(=O)O.COC(=O)c1ccc(C2CNCCN2)cc1. The van der Waals surface area contributed by atoms with Crippen LogP contribution in [-0.2, 0) is 14.3 Å². The largest absolute Gasteiger partial charge is 0.481 e. The predicted octanol–water partition coefficient (Wildman–Crippen LogP) is 0.889. The van der Waals surface area contributed by atoms with Crippen molar-refractivity contribution in [2.45, 2.75) is 19.9 Å². The molecule has 1 aromatic carbocycles. The minimum absolute atomic E-state index is 0.290. The second kappa shape index (κ2) is 12.0. The molecule has 134 valence electrons. The number of piperazine rings is 1. The summed E-state index contributed by atoms with van der Waals surface area (Å²) >= 11 is 0. The van der Waals surface area contributed by atoms with Crippen LogP contribution in [0.15, 0.2) is 24.3 Å². The Morgan fingerprint density at radius 3 is 1.92 bits per heavy atom. The first-order valence-corrected chi connectivity index (χ1v) is 7.29. The van der Waals surface area contributed by atoms with Crippen LogP contribution >= 0.6 is 0 Å². The number of aliphatic carboxylic acids is 2. The van der Waals surface area contributed by atoms with Crippen molar-refractivity contribution in [1.82, 2.24) is 10.6 Å². The van der Waals surface area contributed by atoms with E-state index >= 15 is 0 Å². The molecule has 1 unspecified atom stereocenters. The van der Waals surface area contributed by atoms with Crippen molar-refractivity contribution in [2.75, 3.05) is 26.7 Å². The maximum absolute atomic E-state index is 11.3. The van der Waals surface area contributed by atoms with Crippen molar-refractivity contribution in [3.05, 3.63) is 35.4 Å². The van der Waals surface area contributed by atoms with E-state index < -0.39 is 11.9 Å². The number of hydrogen-bond acceptors (Lipinski definition) is 6. The van der Waals surface area contributed by atoms with Crippen molar-refractivity contribution in [3.63, 3.8) is 0 Å². The van der Waals surface area contributed by atoms with Crippen molar-refractivity contribution in [1.29, 1.82) is 0 Å². The Bertz CT molecular complexity index is 504. The van der Waals surface area contributed by atoms with Gasteiger partial charge in [-0.2, -0.15) is 0 Å². The lowest BCUT2D eigenvalue weighted by Gasteiger charge is -2.24. The lowest BCUT2D eigenvalue weighted by atomic mass is 10.0. The Kier molecular flexibility index (Phi) is 10.8. The van der Waals surface area contributed by atoms with Crippen LogP contribution in [0.5, 0.6) is 0 Å². The van der Waals surface area contributed by atoms with Gasteiger partial charge in [-0.1, -0.05) is 12.1 Å². The van der Waals surface area contributed by atoms with Gasteiger partial charge in [-0.15, -0.1) is 0 Å². The van der Waals surface area contributed by atoms with E-state index in [0.717, 1.165) is 33.5 Å². The molecule has 1 fully saturated rings. The molecule has 24 heavy (non-hydrogen) atoms. The van der Waals surface area contributed by atoms with E-state index in [2.05, 4.69) is 15.4 Å². The summed E-state index contributed by atoms with van der Waals surface area (Å²) in [7, 11) is 1.39. The summed E-state index contributed by atoms with van der Waals surface area (Å²) in [6.45, 7) is 5.08. The van der Waals surface area contributed by atoms with E-state index in [-0.39, 0.29) is 5.97 Å². The van der Waals surface area contributed by atoms with Crippen LogP contribution in [0.25, 0.3) is 0 Å². The maximum atomic E-state index is 11.3. The Morgan fingerprint density at radius 2 is 1.54 bits per heavy atom. The molecule has 8 nitrogen and oxygen atoms in total. The quantitative estimate of drug-likeness (QED) is 0.585. The zero-order chi connectivity index (χ0) is 18.5. The topological polar surface area (TPSA) is 125 Å². The van der Waals surface area contributed by atoms with Crippen LogP contribution in [0, 0.1) is 0 Å². The fraction of sp³-hybridized carbons (Fsp3) is 0.438. The number of ether oxygens (including phenoxy) is 1. The van der Waals surface area contributed by atoms with E-state index in [1.54, 1.807) is 12.1 Å². The molecule has 0 radical (unpaired) electrons. The number of methoxy groups -OCH3 is 1. The summed E-state index contributed by atoms with van der Waals surface area (Å²) in [5.74, 6) is -1.96. The minimum atomic E-state index is -0.833. The molecule has 0 amide bonds. The molecule has 4 N–H and O–H groups in total. The molecule has 0 aromatic heterocycles. The van der Waals surface area contributed by atoms with Crippen LogP contribution in [0.3, 0.4) is 0 Å². The molecule has 0 saturated carbocycles. The maximum Gasteiger partial charge on any atom is 0.337 e. The summed E-state index contributed by atoms with van der Waals surface area (Å²) in [5, 5.41) is 21.6. The second-order valence-electron chi connectivity index (χ2n) is 4.86. The average molecular weight is 340 g/mol. The number of rotatable bonds is 2. The normalized spacial score (nSPS) is 15.7. The van der Waals surface area contributed by atoms with Crippen molar-refractivity contribution >= 4 is 17.9 Å². The molecule has 1 aliphatic heterocycles. The third-order valence-corrected chi connectivity index (χ3v) is 2.78. The molecular weight excluding hydrogens is 316 g/mol. The molecule has 0 aliphatic carbocycles. The Morgan fingerprint density at radius 1 is 1.04 bits per heavy atom. The van der Waals surface area contributed by atoms with Gasteiger partial charge in [0.2, 0.25) is 0 Å². The highest BCUT2D eigenvalue weighted by Gasteiger charge is 2.14. The Labute approximate surface area is 140 Å². The highest BCUT2D eigenvalue weighted by atomic mass is 16.5. The highest BCUT2D eigenvalue weighted by Crippen LogP contribution is 2.15. The van der Waals surface area contributed by atoms with Gasteiger partial charge >= 0.3 is 5.97 Å². The zero-order valence-electron chi connectivity index (χ0n) is 14.0. The predicted molar refractivity (Wildman–Crippen MR) is 88.0 cm³/mol. The van der Waals surface area contributed by atoms with Crippen LogP contribution in [0.1, 0.15) is 35.8 Å².